The van der Waals surface area contributed by atoms with Crippen molar-refractivity contribution in [3.63, 3.8) is 0 Å². The Bertz CT molecular complexity index is 809. The van der Waals surface area contributed by atoms with Crippen LogP contribution in [0.5, 0.6) is 0 Å². The average molecular weight is 416 g/mol. The van der Waals surface area contributed by atoms with Crippen molar-refractivity contribution in [2.24, 2.45) is 5.73 Å². The molecule has 1 saturated heterocycles. The van der Waals surface area contributed by atoms with Crippen LogP contribution < -0.4 is 16.4 Å². The molecular formula is C21H28N4O5. The Morgan fingerprint density at radius 1 is 1.27 bits per heavy atom. The molecule has 0 radical (unpaired) electrons. The predicted molar refractivity (Wildman–Crippen MR) is 108 cm³/mol. The monoisotopic (exact) mass is 416 g/mol. The summed E-state index contributed by atoms with van der Waals surface area (Å²) in [5.41, 5.74) is 5.53. The van der Waals surface area contributed by atoms with E-state index in [-0.39, 0.29) is 18.7 Å². The van der Waals surface area contributed by atoms with E-state index < -0.39 is 35.4 Å². The Morgan fingerprint density at radius 3 is 2.57 bits per heavy atom. The number of hydrogen-bond acceptors (Lipinski definition) is 6. The fourth-order valence-electron chi connectivity index (χ4n) is 3.81. The fraction of sp³-hybridized carbons (Fsp3) is 0.524. The van der Waals surface area contributed by atoms with Crippen molar-refractivity contribution < 1.29 is 23.9 Å². The Kier molecular flexibility index (Phi) is 6.71. The molecule has 1 saturated carbocycles. The molecule has 2 fully saturated rings. The number of ether oxygens (including phenoxy) is 1. The second-order valence-electron chi connectivity index (χ2n) is 7.80. The van der Waals surface area contributed by atoms with Crippen molar-refractivity contribution in [3.05, 3.63) is 35.9 Å². The van der Waals surface area contributed by atoms with E-state index >= 15 is 0 Å². The predicted octanol–water partition coefficient (Wildman–Crippen LogP) is -0.515. The highest BCUT2D eigenvalue weighted by molar-refractivity contribution is 5.96. The van der Waals surface area contributed by atoms with E-state index in [2.05, 4.69) is 10.6 Å². The van der Waals surface area contributed by atoms with Gasteiger partial charge >= 0.3 is 5.97 Å². The highest BCUT2D eigenvalue weighted by Gasteiger charge is 2.55. The van der Waals surface area contributed by atoms with Crippen LogP contribution in [0.15, 0.2) is 30.3 Å². The van der Waals surface area contributed by atoms with Crippen molar-refractivity contribution in [1.82, 2.24) is 15.5 Å². The molecule has 3 rings (SSSR count). The standard InChI is InChI=1S/C21H28N4O5/c1-30-19(28)15(7-8-17(22)26)24-18(27)16(13-14-5-3-2-4-6-14)25-12-11-23-21(9-10-21)20(25)29/h2-6,15-16,23H,7-13H2,1H3,(H2,22,26)(H,24,27)/t15?,16-/m0/s1. The number of rotatable bonds is 9. The molecule has 0 aromatic heterocycles. The maximum absolute atomic E-state index is 13.2. The molecule has 4 N–H and O–H groups in total. The van der Waals surface area contributed by atoms with Gasteiger partial charge in [0, 0.05) is 25.9 Å². The molecule has 162 valence electrons. The third kappa shape index (κ3) is 4.96. The third-order valence-electron chi connectivity index (χ3n) is 5.67. The lowest BCUT2D eigenvalue weighted by atomic mass is 10.00. The summed E-state index contributed by atoms with van der Waals surface area (Å²) in [5.74, 6) is -1.78. The number of nitrogens with zero attached hydrogens (tertiary/aromatic N) is 1. The third-order valence-corrected chi connectivity index (χ3v) is 5.67. The number of amides is 3. The van der Waals surface area contributed by atoms with Crippen LogP contribution in [-0.4, -0.2) is 66.4 Å². The Morgan fingerprint density at radius 2 is 1.97 bits per heavy atom. The second kappa shape index (κ2) is 9.25. The number of esters is 1. The summed E-state index contributed by atoms with van der Waals surface area (Å²) in [4.78, 5) is 51.2. The number of nitrogens with one attached hydrogen (secondary N) is 2. The molecule has 9 heteroatoms. The van der Waals surface area contributed by atoms with Crippen LogP contribution >= 0.6 is 0 Å². The van der Waals surface area contributed by atoms with Crippen molar-refractivity contribution in [2.75, 3.05) is 20.2 Å². The summed E-state index contributed by atoms with van der Waals surface area (Å²) in [7, 11) is 1.21. The molecule has 3 amide bonds. The molecule has 1 unspecified atom stereocenters. The minimum atomic E-state index is -1.01. The van der Waals surface area contributed by atoms with Gasteiger partial charge in [-0.25, -0.2) is 4.79 Å². The van der Waals surface area contributed by atoms with Crippen LogP contribution in [0.25, 0.3) is 0 Å². The minimum Gasteiger partial charge on any atom is -0.467 e. The van der Waals surface area contributed by atoms with E-state index in [1.807, 2.05) is 30.3 Å². The largest absolute Gasteiger partial charge is 0.467 e. The van der Waals surface area contributed by atoms with Crippen LogP contribution in [0.2, 0.25) is 0 Å². The zero-order valence-electron chi connectivity index (χ0n) is 17.1. The molecule has 1 aromatic rings. The summed E-state index contributed by atoms with van der Waals surface area (Å²) in [6, 6.07) is 7.62. The molecule has 1 aromatic carbocycles. The minimum absolute atomic E-state index is 0.0330. The lowest BCUT2D eigenvalue weighted by molar-refractivity contribution is -0.148. The first-order valence-electron chi connectivity index (χ1n) is 10.1. The fourth-order valence-corrected chi connectivity index (χ4v) is 3.81. The average Bonchev–Trinajstić information content (AvgIpc) is 3.52. The molecule has 30 heavy (non-hydrogen) atoms. The first-order chi connectivity index (χ1) is 14.4. The van der Waals surface area contributed by atoms with Gasteiger partial charge in [0.1, 0.15) is 12.1 Å². The zero-order valence-corrected chi connectivity index (χ0v) is 17.1. The van der Waals surface area contributed by atoms with Gasteiger partial charge in [-0.15, -0.1) is 0 Å². The number of piperazine rings is 1. The summed E-state index contributed by atoms with van der Waals surface area (Å²) < 4.78 is 4.76. The first kappa shape index (κ1) is 21.8. The van der Waals surface area contributed by atoms with Gasteiger partial charge < -0.3 is 26.0 Å². The van der Waals surface area contributed by atoms with Gasteiger partial charge in [0.2, 0.25) is 17.7 Å². The van der Waals surface area contributed by atoms with Gasteiger partial charge in [-0.3, -0.25) is 14.4 Å². The molecule has 0 bridgehead atoms. The molecule has 1 aliphatic carbocycles. The van der Waals surface area contributed by atoms with E-state index in [9.17, 15) is 19.2 Å². The lowest BCUT2D eigenvalue weighted by Crippen LogP contribution is -2.63. The van der Waals surface area contributed by atoms with E-state index in [0.717, 1.165) is 18.4 Å². The van der Waals surface area contributed by atoms with Gasteiger partial charge in [-0.2, -0.15) is 0 Å². The highest BCUT2D eigenvalue weighted by Crippen LogP contribution is 2.39. The summed E-state index contributed by atoms with van der Waals surface area (Å²) in [5, 5.41) is 5.93. The van der Waals surface area contributed by atoms with Crippen LogP contribution in [0.1, 0.15) is 31.2 Å². The summed E-state index contributed by atoms with van der Waals surface area (Å²) >= 11 is 0. The molecule has 2 atom stereocenters. The zero-order chi connectivity index (χ0) is 21.7. The Hall–Kier alpha value is -2.94. The molecule has 9 nitrogen and oxygen atoms in total. The van der Waals surface area contributed by atoms with Crippen molar-refractivity contribution in [3.8, 4) is 0 Å². The van der Waals surface area contributed by atoms with E-state index in [4.69, 9.17) is 10.5 Å². The number of nitrogens with two attached hydrogens (primary N) is 1. The second-order valence-corrected chi connectivity index (χ2v) is 7.80. The van der Waals surface area contributed by atoms with Crippen LogP contribution in [0, 0.1) is 0 Å². The first-order valence-corrected chi connectivity index (χ1v) is 10.1. The number of benzene rings is 1. The number of methoxy groups -OCH3 is 1. The maximum atomic E-state index is 13.2. The highest BCUT2D eigenvalue weighted by atomic mass is 16.5. The molecule has 1 aliphatic heterocycles. The molecular weight excluding hydrogens is 388 g/mol. The van der Waals surface area contributed by atoms with Crippen molar-refractivity contribution in [2.45, 2.75) is 49.7 Å². The van der Waals surface area contributed by atoms with Gasteiger partial charge in [-0.1, -0.05) is 30.3 Å². The smallest absolute Gasteiger partial charge is 0.328 e. The van der Waals surface area contributed by atoms with Crippen molar-refractivity contribution >= 4 is 23.7 Å². The van der Waals surface area contributed by atoms with Crippen LogP contribution in [0.4, 0.5) is 0 Å². The quantitative estimate of drug-likeness (QED) is 0.465. The lowest BCUT2D eigenvalue weighted by Gasteiger charge is -2.38. The Balaban J connectivity index is 1.80. The number of carbonyl (C=O) groups is 4. The van der Waals surface area contributed by atoms with Gasteiger partial charge in [0.25, 0.3) is 0 Å². The van der Waals surface area contributed by atoms with Crippen LogP contribution in [-0.2, 0) is 30.3 Å². The number of carbonyl (C=O) groups excluding carboxylic acids is 4. The SMILES string of the molecule is COC(=O)C(CCC(N)=O)NC(=O)[C@H](Cc1ccccc1)N1CCNC2(CC2)C1=O. The van der Waals surface area contributed by atoms with Crippen LogP contribution in [0.3, 0.4) is 0 Å². The Labute approximate surface area is 175 Å². The summed E-state index contributed by atoms with van der Waals surface area (Å²) in [6.45, 7) is 1.00. The number of hydrogen-bond donors (Lipinski definition) is 3. The summed E-state index contributed by atoms with van der Waals surface area (Å²) in [6.07, 6.45) is 1.79. The van der Waals surface area contributed by atoms with E-state index in [0.29, 0.717) is 19.5 Å². The van der Waals surface area contributed by atoms with Gasteiger partial charge in [0.15, 0.2) is 0 Å². The van der Waals surface area contributed by atoms with E-state index in [1.54, 1.807) is 4.90 Å². The normalized spacial score (nSPS) is 19.1. The molecule has 1 spiro atoms. The van der Waals surface area contributed by atoms with Gasteiger partial charge in [0.05, 0.1) is 12.6 Å². The molecule has 2 aliphatic rings. The van der Waals surface area contributed by atoms with E-state index in [1.165, 1.54) is 7.11 Å². The maximum Gasteiger partial charge on any atom is 0.328 e. The topological polar surface area (TPSA) is 131 Å². The van der Waals surface area contributed by atoms with Gasteiger partial charge in [-0.05, 0) is 24.8 Å². The number of primary amides is 1. The molecule has 1 heterocycles. The van der Waals surface area contributed by atoms with Crippen molar-refractivity contribution in [1.29, 1.82) is 0 Å².